The van der Waals surface area contributed by atoms with Crippen LogP contribution in [0.15, 0.2) is 30.2 Å². The predicted molar refractivity (Wildman–Crippen MR) is 74.5 cm³/mol. The lowest BCUT2D eigenvalue weighted by molar-refractivity contribution is -0.147. The Morgan fingerprint density at radius 3 is 2.62 bits per heavy atom. The van der Waals surface area contributed by atoms with Crippen LogP contribution in [0.3, 0.4) is 0 Å². The van der Waals surface area contributed by atoms with E-state index in [1.165, 1.54) is 0 Å². The lowest BCUT2D eigenvalue weighted by atomic mass is 10.1. The van der Waals surface area contributed by atoms with Crippen LogP contribution in [-0.4, -0.2) is 53.0 Å². The number of carboxylic acid groups (broad SMARTS) is 1. The van der Waals surface area contributed by atoms with Crippen molar-refractivity contribution in [3.8, 4) is 0 Å². The highest BCUT2D eigenvalue weighted by molar-refractivity contribution is 5.94. The molecule has 0 aliphatic carbocycles. The van der Waals surface area contributed by atoms with Crippen LogP contribution in [0.5, 0.6) is 0 Å². The minimum Gasteiger partial charge on any atom is -0.480 e. The minimum absolute atomic E-state index is 0.0779. The van der Waals surface area contributed by atoms with Gasteiger partial charge in [-0.3, -0.25) is 9.59 Å². The lowest BCUT2D eigenvalue weighted by Gasteiger charge is -2.20. The molecule has 21 heavy (non-hydrogen) atoms. The van der Waals surface area contributed by atoms with Crippen molar-refractivity contribution in [2.45, 2.75) is 18.5 Å². The van der Waals surface area contributed by atoms with E-state index in [9.17, 15) is 19.5 Å². The fraction of sp³-hybridized carbons (Fsp3) is 0.357. The zero-order valence-electron chi connectivity index (χ0n) is 16.0. The van der Waals surface area contributed by atoms with Gasteiger partial charge in [0.15, 0.2) is 0 Å². The second-order valence-corrected chi connectivity index (χ2v) is 4.51. The van der Waals surface area contributed by atoms with Gasteiger partial charge in [-0.1, -0.05) is 18.1 Å². The molecule has 7 nitrogen and oxygen atoms in total. The molecule has 0 saturated carbocycles. The number of carbonyl (C=O) groups is 3. The smallest absolute Gasteiger partial charge is 0.326 e. The van der Waals surface area contributed by atoms with Gasteiger partial charge in [-0.05, 0) is 12.1 Å². The van der Waals surface area contributed by atoms with Crippen LogP contribution in [0.2, 0.25) is 0 Å². The van der Waals surface area contributed by atoms with E-state index in [1.54, 1.807) is 0 Å². The summed E-state index contributed by atoms with van der Waals surface area (Å²) < 4.78 is 38.2. The Hall–Kier alpha value is -2.41. The van der Waals surface area contributed by atoms with Crippen molar-refractivity contribution < 1.29 is 26.3 Å². The number of benzene rings is 1. The number of amides is 2. The molecule has 112 valence electrons. The molecule has 2 atom stereocenters. The summed E-state index contributed by atoms with van der Waals surface area (Å²) in [7, 11) is 0. The van der Waals surface area contributed by atoms with E-state index < -0.39 is 65.6 Å². The van der Waals surface area contributed by atoms with Gasteiger partial charge < -0.3 is 21.1 Å². The van der Waals surface area contributed by atoms with Gasteiger partial charge >= 0.3 is 5.97 Å². The van der Waals surface area contributed by atoms with Gasteiger partial charge in [0.25, 0.3) is 5.91 Å². The number of hydrogen-bond acceptors (Lipinski definition) is 4. The SMILES string of the molecule is [2H]c1c([2H])c([2H])c(C(=O)N[C@@H]2C[C@@H](C(=O)O)N(C(=O)CN)C2)c([2H])c1[2H]. The Morgan fingerprint density at radius 1 is 1.38 bits per heavy atom. The first kappa shape index (κ1) is 9.51. The van der Waals surface area contributed by atoms with Crippen LogP contribution in [0.25, 0.3) is 0 Å². The maximum atomic E-state index is 12.4. The molecule has 1 aromatic rings. The monoisotopic (exact) mass is 296 g/mol. The van der Waals surface area contributed by atoms with E-state index in [0.717, 1.165) is 4.90 Å². The number of nitrogens with one attached hydrogen (secondary N) is 1. The Bertz CT molecular complexity index is 759. The maximum Gasteiger partial charge on any atom is 0.326 e. The number of rotatable bonds is 4. The second-order valence-electron chi connectivity index (χ2n) is 4.51. The van der Waals surface area contributed by atoms with Gasteiger partial charge in [0.05, 0.1) is 13.4 Å². The van der Waals surface area contributed by atoms with E-state index in [2.05, 4.69) is 5.32 Å². The molecule has 1 aliphatic rings. The first-order valence-electron chi connectivity index (χ1n) is 8.70. The van der Waals surface area contributed by atoms with Gasteiger partial charge in [-0.2, -0.15) is 0 Å². The Morgan fingerprint density at radius 2 is 2.05 bits per heavy atom. The fourth-order valence-electron chi connectivity index (χ4n) is 2.19. The summed E-state index contributed by atoms with van der Waals surface area (Å²) in [5, 5.41) is 11.7. The Balaban J connectivity index is 2.26. The van der Waals surface area contributed by atoms with Crippen molar-refractivity contribution in [3.05, 3.63) is 35.8 Å². The van der Waals surface area contributed by atoms with E-state index in [4.69, 9.17) is 12.6 Å². The summed E-state index contributed by atoms with van der Waals surface area (Å²) in [6.07, 6.45) is -0.0779. The van der Waals surface area contributed by atoms with Gasteiger partial charge in [0.2, 0.25) is 5.91 Å². The van der Waals surface area contributed by atoms with Gasteiger partial charge in [-0.15, -0.1) is 0 Å². The van der Waals surface area contributed by atoms with Gasteiger partial charge in [0.1, 0.15) is 6.04 Å². The van der Waals surface area contributed by atoms with Crippen LogP contribution in [-0.2, 0) is 9.59 Å². The van der Waals surface area contributed by atoms with Crippen molar-refractivity contribution in [3.63, 3.8) is 0 Å². The molecule has 7 heteroatoms. The number of nitrogens with two attached hydrogens (primary N) is 1. The summed E-state index contributed by atoms with van der Waals surface area (Å²) in [6.45, 7) is -0.481. The van der Waals surface area contributed by atoms with E-state index >= 15 is 0 Å². The number of carbonyl (C=O) groups excluding carboxylic acids is 2. The topological polar surface area (TPSA) is 113 Å². The van der Waals surface area contributed by atoms with Crippen LogP contribution in [0, 0.1) is 0 Å². The quantitative estimate of drug-likeness (QED) is 0.688. The third-order valence-corrected chi connectivity index (χ3v) is 3.14. The predicted octanol–water partition coefficient (Wildman–Crippen LogP) is -0.571. The summed E-state index contributed by atoms with van der Waals surface area (Å²) in [4.78, 5) is 36.5. The van der Waals surface area contributed by atoms with Crippen LogP contribution < -0.4 is 11.1 Å². The summed E-state index contributed by atoms with van der Waals surface area (Å²) in [5.41, 5.74) is 4.72. The average molecular weight is 296 g/mol. The van der Waals surface area contributed by atoms with Crippen LogP contribution >= 0.6 is 0 Å². The van der Waals surface area contributed by atoms with Crippen molar-refractivity contribution in [2.24, 2.45) is 5.73 Å². The third-order valence-electron chi connectivity index (χ3n) is 3.14. The highest BCUT2D eigenvalue weighted by Crippen LogP contribution is 2.18. The van der Waals surface area contributed by atoms with E-state index in [0.29, 0.717) is 0 Å². The van der Waals surface area contributed by atoms with Crippen LogP contribution in [0.4, 0.5) is 0 Å². The molecule has 0 radical (unpaired) electrons. The van der Waals surface area contributed by atoms with Crippen molar-refractivity contribution in [1.29, 1.82) is 0 Å². The first-order chi connectivity index (χ1) is 12.1. The third kappa shape index (κ3) is 3.38. The molecule has 0 spiro atoms. The molecule has 2 amide bonds. The first-order valence-corrected chi connectivity index (χ1v) is 6.20. The maximum absolute atomic E-state index is 12.4. The summed E-state index contributed by atoms with van der Waals surface area (Å²) in [6, 6.07) is -5.14. The van der Waals surface area contributed by atoms with Crippen LogP contribution in [0.1, 0.15) is 23.6 Å². The van der Waals surface area contributed by atoms with E-state index in [1.807, 2.05) is 0 Å². The number of hydrogen-bond donors (Lipinski definition) is 3. The van der Waals surface area contributed by atoms with Gasteiger partial charge in [-0.25, -0.2) is 4.79 Å². The fourth-order valence-corrected chi connectivity index (χ4v) is 2.19. The van der Waals surface area contributed by atoms with Gasteiger partial charge in [0, 0.05) is 24.6 Å². The lowest BCUT2D eigenvalue weighted by Crippen LogP contribution is -2.44. The standard InChI is InChI=1S/C14H17N3O4/c15-7-12(18)17-8-10(6-11(17)14(20)21)16-13(19)9-4-2-1-3-5-9/h1-5,10-11H,6-8,15H2,(H,16,19)(H,20,21)/t10-,11+/m1/s1/i1D,2D,3D,4D,5D. The Labute approximate surface area is 128 Å². The zero-order valence-corrected chi connectivity index (χ0v) is 11.0. The van der Waals surface area contributed by atoms with Crippen molar-refractivity contribution >= 4 is 17.8 Å². The number of nitrogens with zero attached hydrogens (tertiary/aromatic N) is 1. The zero-order chi connectivity index (χ0) is 19.8. The number of likely N-dealkylation sites (tertiary alicyclic amines) is 1. The summed E-state index contributed by atoms with van der Waals surface area (Å²) >= 11 is 0. The van der Waals surface area contributed by atoms with Crippen molar-refractivity contribution in [1.82, 2.24) is 10.2 Å². The molecule has 1 fully saturated rings. The minimum atomic E-state index is -1.24. The molecule has 1 saturated heterocycles. The van der Waals surface area contributed by atoms with E-state index in [-0.39, 0.29) is 19.5 Å². The molecular weight excluding hydrogens is 274 g/mol. The number of aliphatic carboxylic acids is 1. The second kappa shape index (κ2) is 6.36. The molecule has 1 aromatic carbocycles. The van der Waals surface area contributed by atoms with Crippen molar-refractivity contribution in [2.75, 3.05) is 13.1 Å². The highest BCUT2D eigenvalue weighted by atomic mass is 16.4. The number of carboxylic acids is 1. The molecule has 0 aromatic heterocycles. The molecule has 2 rings (SSSR count). The Kier molecular flexibility index (Phi) is 2.88. The average Bonchev–Trinajstić information content (AvgIpc) is 3.01. The molecule has 0 bridgehead atoms. The normalized spacial score (nSPS) is 24.4. The molecule has 1 aliphatic heterocycles. The summed E-state index contributed by atoms with van der Waals surface area (Å²) in [5.74, 6) is -2.76. The largest absolute Gasteiger partial charge is 0.480 e. The molecule has 1 heterocycles. The molecule has 4 N–H and O–H groups in total. The molecular formula is C14H17N3O4. The highest BCUT2D eigenvalue weighted by Gasteiger charge is 2.39. The molecule has 0 unspecified atom stereocenters.